The summed E-state index contributed by atoms with van der Waals surface area (Å²) in [6, 6.07) is 0. The molecule has 3 nitrogen and oxygen atoms in total. The van der Waals surface area contributed by atoms with Gasteiger partial charge in [-0.2, -0.15) is 0 Å². The molecule has 0 spiro atoms. The van der Waals surface area contributed by atoms with Crippen molar-refractivity contribution < 1.29 is 4.74 Å². The zero-order valence-electron chi connectivity index (χ0n) is 11.7. The fourth-order valence-corrected chi connectivity index (χ4v) is 4.02. The summed E-state index contributed by atoms with van der Waals surface area (Å²) >= 11 is 8.59. The third-order valence-electron chi connectivity index (χ3n) is 4.40. The van der Waals surface area contributed by atoms with Gasteiger partial charge in [-0.15, -0.1) is 0 Å². The molecule has 0 bridgehead atoms. The van der Waals surface area contributed by atoms with E-state index in [9.17, 15) is 0 Å². The highest BCUT2D eigenvalue weighted by Gasteiger charge is 2.32. The zero-order chi connectivity index (χ0) is 14.1. The van der Waals surface area contributed by atoms with Gasteiger partial charge in [0, 0.05) is 13.0 Å². The molecule has 2 aliphatic rings. The van der Waals surface area contributed by atoms with E-state index >= 15 is 0 Å². The maximum absolute atomic E-state index is 6.32. The van der Waals surface area contributed by atoms with E-state index in [0.29, 0.717) is 17.0 Å². The molecule has 0 aliphatic heterocycles. The van der Waals surface area contributed by atoms with Crippen LogP contribution in [0.15, 0.2) is 0 Å². The molecule has 0 radical (unpaired) electrons. The van der Waals surface area contributed by atoms with Crippen molar-refractivity contribution in [2.75, 3.05) is 7.11 Å². The second-order valence-corrected chi connectivity index (χ2v) is 7.34. The van der Waals surface area contributed by atoms with Gasteiger partial charge in [-0.25, -0.2) is 9.97 Å². The average molecular weight is 407 g/mol. The summed E-state index contributed by atoms with van der Waals surface area (Å²) in [7, 11) is 1.77. The summed E-state index contributed by atoms with van der Waals surface area (Å²) < 4.78 is 6.76. The Labute approximate surface area is 139 Å². The van der Waals surface area contributed by atoms with Crippen LogP contribution in [-0.2, 0) is 4.74 Å². The second-order valence-electron chi connectivity index (χ2n) is 5.90. The summed E-state index contributed by atoms with van der Waals surface area (Å²) in [4.78, 5) is 9.33. The zero-order valence-corrected chi connectivity index (χ0v) is 14.7. The highest BCUT2D eigenvalue weighted by atomic mass is 127. The maximum atomic E-state index is 6.32. The molecule has 0 amide bonds. The largest absolute Gasteiger partial charge is 0.373 e. The minimum absolute atomic E-state index is 0.00213. The van der Waals surface area contributed by atoms with Crippen LogP contribution in [-0.4, -0.2) is 17.1 Å². The van der Waals surface area contributed by atoms with Gasteiger partial charge in [-0.1, -0.05) is 30.9 Å². The smallest absolute Gasteiger partial charge is 0.159 e. The molecule has 2 fully saturated rings. The summed E-state index contributed by atoms with van der Waals surface area (Å²) in [5.74, 6) is 1.92. The normalized spacial score (nSPS) is 21.9. The van der Waals surface area contributed by atoms with Gasteiger partial charge in [0.1, 0.15) is 11.3 Å². The number of methoxy groups -OCH3 is 1. The van der Waals surface area contributed by atoms with Gasteiger partial charge in [-0.05, 0) is 54.2 Å². The van der Waals surface area contributed by atoms with Crippen molar-refractivity contribution in [3.63, 3.8) is 0 Å². The number of aromatic nitrogens is 2. The summed E-state index contributed by atoms with van der Waals surface area (Å²) in [5, 5.41) is 0.593. The lowest BCUT2D eigenvalue weighted by Gasteiger charge is -2.28. The Balaban J connectivity index is 1.90. The molecular formula is C15H20ClIN2O. The Morgan fingerprint density at radius 1 is 1.15 bits per heavy atom. The van der Waals surface area contributed by atoms with Crippen LogP contribution in [0.5, 0.6) is 0 Å². The Bertz CT molecular complexity index is 487. The van der Waals surface area contributed by atoms with E-state index in [1.807, 2.05) is 0 Å². The SMILES string of the molecule is COC(c1nc(Cl)c(I)c(C2CC2)n1)C1CCCCC1. The average Bonchev–Trinajstić information content (AvgIpc) is 3.29. The number of rotatable bonds is 4. The molecule has 1 aromatic heterocycles. The molecule has 0 aromatic carbocycles. The molecule has 1 aromatic rings. The molecule has 0 N–H and O–H groups in total. The predicted octanol–water partition coefficient (Wildman–Crippen LogP) is 4.88. The highest BCUT2D eigenvalue weighted by Crippen LogP contribution is 2.43. The molecule has 1 atom stereocenters. The molecule has 0 saturated heterocycles. The fraction of sp³-hybridized carbons (Fsp3) is 0.733. The Morgan fingerprint density at radius 2 is 1.85 bits per heavy atom. The van der Waals surface area contributed by atoms with E-state index in [2.05, 4.69) is 27.6 Å². The van der Waals surface area contributed by atoms with Crippen LogP contribution in [0.4, 0.5) is 0 Å². The van der Waals surface area contributed by atoms with Crippen LogP contribution in [0.3, 0.4) is 0 Å². The minimum Gasteiger partial charge on any atom is -0.373 e. The quantitative estimate of drug-likeness (QED) is 0.528. The highest BCUT2D eigenvalue weighted by molar-refractivity contribution is 14.1. The number of nitrogens with zero attached hydrogens (tertiary/aromatic N) is 2. The minimum atomic E-state index is 0.00213. The van der Waals surface area contributed by atoms with Crippen LogP contribution >= 0.6 is 34.2 Å². The van der Waals surface area contributed by atoms with Gasteiger partial charge in [0.15, 0.2) is 5.82 Å². The molecule has 5 heteroatoms. The van der Waals surface area contributed by atoms with Gasteiger partial charge in [0.25, 0.3) is 0 Å². The summed E-state index contributed by atoms with van der Waals surface area (Å²) in [6.07, 6.45) is 8.80. The molecule has 20 heavy (non-hydrogen) atoms. The van der Waals surface area contributed by atoms with Crippen LogP contribution in [0, 0.1) is 9.49 Å². The van der Waals surface area contributed by atoms with Crippen molar-refractivity contribution in [1.29, 1.82) is 0 Å². The van der Waals surface area contributed by atoms with E-state index in [4.69, 9.17) is 21.3 Å². The van der Waals surface area contributed by atoms with E-state index in [-0.39, 0.29) is 6.10 Å². The first-order valence-electron chi connectivity index (χ1n) is 7.46. The number of hydrogen-bond acceptors (Lipinski definition) is 3. The lowest BCUT2D eigenvalue weighted by molar-refractivity contribution is 0.0287. The molecule has 1 heterocycles. The van der Waals surface area contributed by atoms with E-state index in [1.54, 1.807) is 7.11 Å². The van der Waals surface area contributed by atoms with Crippen molar-refractivity contribution >= 4 is 34.2 Å². The Kier molecular flexibility index (Phi) is 4.82. The van der Waals surface area contributed by atoms with E-state index in [0.717, 1.165) is 15.1 Å². The van der Waals surface area contributed by atoms with Crippen LogP contribution in [0.2, 0.25) is 5.15 Å². The first-order valence-corrected chi connectivity index (χ1v) is 8.92. The third kappa shape index (κ3) is 3.12. The summed E-state index contributed by atoms with van der Waals surface area (Å²) in [6.45, 7) is 0. The lowest BCUT2D eigenvalue weighted by atomic mass is 9.85. The molecule has 110 valence electrons. The molecule has 2 saturated carbocycles. The van der Waals surface area contributed by atoms with Crippen molar-refractivity contribution in [1.82, 2.24) is 9.97 Å². The van der Waals surface area contributed by atoms with Gasteiger partial charge >= 0.3 is 0 Å². The monoisotopic (exact) mass is 406 g/mol. The van der Waals surface area contributed by atoms with Gasteiger partial charge in [0.2, 0.25) is 0 Å². The molecular weight excluding hydrogens is 387 g/mol. The fourth-order valence-electron chi connectivity index (χ4n) is 3.15. The Hall–Kier alpha value is 0.0600. The predicted molar refractivity (Wildman–Crippen MR) is 88.1 cm³/mol. The maximum Gasteiger partial charge on any atom is 0.159 e. The molecule has 2 aliphatic carbocycles. The molecule has 1 unspecified atom stereocenters. The van der Waals surface area contributed by atoms with Gasteiger partial charge in [-0.3, -0.25) is 0 Å². The van der Waals surface area contributed by atoms with Gasteiger partial charge < -0.3 is 4.74 Å². The van der Waals surface area contributed by atoms with E-state index in [1.165, 1.54) is 44.9 Å². The lowest BCUT2D eigenvalue weighted by Crippen LogP contribution is -2.21. The number of halogens is 2. The van der Waals surface area contributed by atoms with Crippen molar-refractivity contribution in [3.05, 3.63) is 20.2 Å². The third-order valence-corrected chi connectivity index (χ3v) is 6.06. The first kappa shape index (κ1) is 15.0. The van der Waals surface area contributed by atoms with Crippen molar-refractivity contribution in [2.45, 2.75) is 57.0 Å². The number of hydrogen-bond donors (Lipinski definition) is 0. The van der Waals surface area contributed by atoms with Crippen LogP contribution < -0.4 is 0 Å². The van der Waals surface area contributed by atoms with Crippen LogP contribution in [0.1, 0.15) is 68.5 Å². The van der Waals surface area contributed by atoms with Crippen molar-refractivity contribution in [3.8, 4) is 0 Å². The Morgan fingerprint density at radius 3 is 2.45 bits per heavy atom. The van der Waals surface area contributed by atoms with E-state index < -0.39 is 0 Å². The van der Waals surface area contributed by atoms with Gasteiger partial charge in [0.05, 0.1) is 9.26 Å². The second kappa shape index (κ2) is 6.44. The van der Waals surface area contributed by atoms with Crippen molar-refractivity contribution in [2.24, 2.45) is 5.92 Å². The first-order chi connectivity index (χ1) is 9.70. The summed E-state index contributed by atoms with van der Waals surface area (Å²) in [5.41, 5.74) is 1.14. The standard InChI is InChI=1S/C15H20ClIN2O/c1-20-13(10-5-3-2-4-6-10)15-18-12(9-7-8-9)11(17)14(16)19-15/h9-10,13H,2-8H2,1H3. The number of ether oxygens (including phenoxy) is 1. The molecule has 3 rings (SSSR count). The van der Waals surface area contributed by atoms with Crippen LogP contribution in [0.25, 0.3) is 0 Å². The topological polar surface area (TPSA) is 35.0 Å².